The molecular weight excluding hydrogens is 294 g/mol. The van der Waals surface area contributed by atoms with Crippen LogP contribution in [0.4, 0.5) is 0 Å². The fourth-order valence-electron chi connectivity index (χ4n) is 2.88. The van der Waals surface area contributed by atoms with Crippen molar-refractivity contribution < 1.29 is 19.4 Å². The van der Waals surface area contributed by atoms with Gasteiger partial charge in [-0.05, 0) is 42.9 Å². The number of hydrogen-bond donors (Lipinski definition) is 1. The van der Waals surface area contributed by atoms with Crippen LogP contribution in [0.5, 0.6) is 5.75 Å². The Labute approximate surface area is 137 Å². The Hall–Kier alpha value is -2.04. The minimum absolute atomic E-state index is 0.0461. The lowest BCUT2D eigenvalue weighted by Crippen LogP contribution is -2.44. The van der Waals surface area contributed by atoms with Gasteiger partial charge in [0.2, 0.25) is 0 Å². The lowest BCUT2D eigenvalue weighted by atomic mass is 9.98. The van der Waals surface area contributed by atoms with Gasteiger partial charge in [-0.3, -0.25) is 9.59 Å². The fourth-order valence-corrected chi connectivity index (χ4v) is 2.88. The van der Waals surface area contributed by atoms with Gasteiger partial charge >= 0.3 is 5.97 Å². The molecule has 1 fully saturated rings. The minimum Gasteiger partial charge on any atom is -0.483 e. The summed E-state index contributed by atoms with van der Waals surface area (Å²) in [5, 5.41) is 9.10. The van der Waals surface area contributed by atoms with Crippen LogP contribution < -0.4 is 4.74 Å². The molecule has 23 heavy (non-hydrogen) atoms. The molecule has 1 saturated heterocycles. The maximum Gasteiger partial charge on any atom is 0.308 e. The molecule has 0 saturated carbocycles. The van der Waals surface area contributed by atoms with Gasteiger partial charge in [-0.2, -0.15) is 0 Å². The molecule has 1 N–H and O–H groups in total. The van der Waals surface area contributed by atoms with Gasteiger partial charge in [-0.1, -0.05) is 26.0 Å². The molecule has 1 atom stereocenters. The number of carboxylic acid groups (broad SMARTS) is 1. The van der Waals surface area contributed by atoms with Gasteiger partial charge < -0.3 is 14.7 Å². The topological polar surface area (TPSA) is 66.8 Å². The third-order valence-corrected chi connectivity index (χ3v) is 4.27. The molecule has 1 aromatic carbocycles. The van der Waals surface area contributed by atoms with Crippen molar-refractivity contribution >= 4 is 11.9 Å². The second-order valence-electron chi connectivity index (χ2n) is 6.50. The van der Waals surface area contributed by atoms with Crippen molar-refractivity contribution in [1.82, 2.24) is 4.90 Å². The summed E-state index contributed by atoms with van der Waals surface area (Å²) >= 11 is 0. The fraction of sp³-hybridized carbons (Fsp3) is 0.556. The van der Waals surface area contributed by atoms with E-state index in [0.717, 1.165) is 23.3 Å². The summed E-state index contributed by atoms with van der Waals surface area (Å²) in [7, 11) is 0. The van der Waals surface area contributed by atoms with Gasteiger partial charge in [0.1, 0.15) is 5.75 Å². The van der Waals surface area contributed by atoms with E-state index in [4.69, 9.17) is 9.84 Å². The predicted molar refractivity (Wildman–Crippen MR) is 87.7 cm³/mol. The molecular formula is C18H25NO4. The number of aliphatic carboxylic acids is 1. The highest BCUT2D eigenvalue weighted by Crippen LogP contribution is 2.27. The predicted octanol–water partition coefficient (Wildman–Crippen LogP) is 2.82. The molecule has 1 aliphatic heterocycles. The monoisotopic (exact) mass is 319 g/mol. The standard InChI is InChI=1S/C18H25NO4/c1-12(2)15-7-6-13(3)9-16(15)23-11-17(20)19-8-4-5-14(10-19)18(21)22/h6-7,9,12,14H,4-5,8,10-11H2,1-3H3,(H,21,22)/t14-/m0/s1. The molecule has 5 heteroatoms. The summed E-state index contributed by atoms with van der Waals surface area (Å²) < 4.78 is 5.75. The molecule has 1 amide bonds. The average Bonchev–Trinajstić information content (AvgIpc) is 2.52. The first-order valence-corrected chi connectivity index (χ1v) is 8.12. The summed E-state index contributed by atoms with van der Waals surface area (Å²) in [6.45, 7) is 7.00. The van der Waals surface area contributed by atoms with E-state index in [1.165, 1.54) is 0 Å². The van der Waals surface area contributed by atoms with Crippen LogP contribution in [0.15, 0.2) is 18.2 Å². The van der Waals surface area contributed by atoms with Crippen LogP contribution in [0.3, 0.4) is 0 Å². The van der Waals surface area contributed by atoms with Crippen molar-refractivity contribution in [2.75, 3.05) is 19.7 Å². The molecule has 0 unspecified atom stereocenters. The van der Waals surface area contributed by atoms with E-state index in [1.54, 1.807) is 4.90 Å². The van der Waals surface area contributed by atoms with E-state index in [2.05, 4.69) is 13.8 Å². The van der Waals surface area contributed by atoms with E-state index in [-0.39, 0.29) is 19.1 Å². The Kier molecular flexibility index (Phi) is 5.64. The van der Waals surface area contributed by atoms with Crippen molar-refractivity contribution in [2.24, 2.45) is 5.92 Å². The minimum atomic E-state index is -0.829. The third kappa shape index (κ3) is 4.47. The van der Waals surface area contributed by atoms with Crippen molar-refractivity contribution in [3.63, 3.8) is 0 Å². The SMILES string of the molecule is Cc1ccc(C(C)C)c(OCC(=O)N2CCC[C@H](C(=O)O)C2)c1. The lowest BCUT2D eigenvalue weighted by molar-refractivity contribution is -0.146. The number of benzene rings is 1. The Morgan fingerprint density at radius 2 is 2.13 bits per heavy atom. The van der Waals surface area contributed by atoms with Crippen LogP contribution in [0.2, 0.25) is 0 Å². The summed E-state index contributed by atoms with van der Waals surface area (Å²) in [6, 6.07) is 6.01. The molecule has 1 heterocycles. The number of amides is 1. The summed E-state index contributed by atoms with van der Waals surface area (Å²) in [5.74, 6) is -0.388. The van der Waals surface area contributed by atoms with Gasteiger partial charge in [-0.25, -0.2) is 0 Å². The normalized spacial score (nSPS) is 18.1. The Bertz CT molecular complexity index is 582. The molecule has 0 aliphatic carbocycles. The molecule has 1 aromatic rings. The van der Waals surface area contributed by atoms with E-state index < -0.39 is 11.9 Å². The molecule has 126 valence electrons. The number of rotatable bonds is 5. The molecule has 0 spiro atoms. The number of carbonyl (C=O) groups excluding carboxylic acids is 1. The number of piperidine rings is 1. The van der Waals surface area contributed by atoms with Crippen LogP contribution in [-0.4, -0.2) is 41.6 Å². The Morgan fingerprint density at radius 1 is 1.39 bits per heavy atom. The molecule has 5 nitrogen and oxygen atoms in total. The first-order chi connectivity index (χ1) is 10.9. The second kappa shape index (κ2) is 7.49. The van der Waals surface area contributed by atoms with Crippen LogP contribution in [0.1, 0.15) is 43.7 Å². The number of ether oxygens (including phenoxy) is 1. The number of nitrogens with zero attached hydrogens (tertiary/aromatic N) is 1. The average molecular weight is 319 g/mol. The highest BCUT2D eigenvalue weighted by Gasteiger charge is 2.28. The van der Waals surface area contributed by atoms with Crippen molar-refractivity contribution in [1.29, 1.82) is 0 Å². The Balaban J connectivity index is 1.99. The number of likely N-dealkylation sites (tertiary alicyclic amines) is 1. The molecule has 0 radical (unpaired) electrons. The number of aryl methyl sites for hydroxylation is 1. The quantitative estimate of drug-likeness (QED) is 0.906. The van der Waals surface area contributed by atoms with Crippen LogP contribution in [0, 0.1) is 12.8 Å². The summed E-state index contributed by atoms with van der Waals surface area (Å²) in [6.07, 6.45) is 1.36. The van der Waals surface area contributed by atoms with Crippen molar-refractivity contribution in [2.45, 2.75) is 39.5 Å². The van der Waals surface area contributed by atoms with Gasteiger partial charge in [0.05, 0.1) is 5.92 Å². The van der Waals surface area contributed by atoms with E-state index in [9.17, 15) is 9.59 Å². The summed E-state index contributed by atoms with van der Waals surface area (Å²) in [4.78, 5) is 25.0. The van der Waals surface area contributed by atoms with Gasteiger partial charge in [-0.15, -0.1) is 0 Å². The number of carboxylic acids is 1. The molecule has 2 rings (SSSR count). The molecule has 0 bridgehead atoms. The van der Waals surface area contributed by atoms with Gasteiger partial charge in [0.25, 0.3) is 5.91 Å². The highest BCUT2D eigenvalue weighted by atomic mass is 16.5. The smallest absolute Gasteiger partial charge is 0.308 e. The van der Waals surface area contributed by atoms with E-state index in [0.29, 0.717) is 18.9 Å². The van der Waals surface area contributed by atoms with Crippen molar-refractivity contribution in [3.05, 3.63) is 29.3 Å². The third-order valence-electron chi connectivity index (χ3n) is 4.27. The van der Waals surface area contributed by atoms with Crippen LogP contribution >= 0.6 is 0 Å². The zero-order chi connectivity index (χ0) is 17.0. The zero-order valence-electron chi connectivity index (χ0n) is 14.0. The summed E-state index contributed by atoms with van der Waals surface area (Å²) in [5.41, 5.74) is 2.16. The van der Waals surface area contributed by atoms with Crippen LogP contribution in [0.25, 0.3) is 0 Å². The van der Waals surface area contributed by atoms with Gasteiger partial charge in [0, 0.05) is 13.1 Å². The van der Waals surface area contributed by atoms with E-state index in [1.807, 2.05) is 25.1 Å². The second-order valence-corrected chi connectivity index (χ2v) is 6.50. The number of carbonyl (C=O) groups is 2. The maximum absolute atomic E-state index is 12.3. The lowest BCUT2D eigenvalue weighted by Gasteiger charge is -2.30. The molecule has 0 aromatic heterocycles. The van der Waals surface area contributed by atoms with Gasteiger partial charge in [0.15, 0.2) is 6.61 Å². The molecule has 1 aliphatic rings. The van der Waals surface area contributed by atoms with Crippen LogP contribution in [-0.2, 0) is 9.59 Å². The zero-order valence-corrected chi connectivity index (χ0v) is 14.0. The van der Waals surface area contributed by atoms with E-state index >= 15 is 0 Å². The largest absolute Gasteiger partial charge is 0.483 e. The van der Waals surface area contributed by atoms with Crippen molar-refractivity contribution in [3.8, 4) is 5.75 Å². The first kappa shape index (κ1) is 17.3. The first-order valence-electron chi connectivity index (χ1n) is 8.12. The highest BCUT2D eigenvalue weighted by molar-refractivity contribution is 5.79. The number of hydrogen-bond acceptors (Lipinski definition) is 3. The Morgan fingerprint density at radius 3 is 2.78 bits per heavy atom. The maximum atomic E-state index is 12.3.